The standard InChI is InChI=1S/C15H21N3/c1-2-7-14(8-3-1)16-10-11-18-15-9-5-4-6-13(15)12-17-18/h4-6,9,12,14,16H,1-3,7-8,10-11H2. The fraction of sp³-hybridized carbons (Fsp3) is 0.533. The molecular weight excluding hydrogens is 222 g/mol. The molecule has 0 atom stereocenters. The summed E-state index contributed by atoms with van der Waals surface area (Å²) in [6.07, 6.45) is 8.85. The SMILES string of the molecule is c1ccc2c(c1)cnn2CCNC1CCCCC1. The van der Waals surface area contributed by atoms with Crippen LogP contribution in [0.5, 0.6) is 0 Å². The molecule has 1 aliphatic rings. The van der Waals surface area contributed by atoms with Crippen molar-refractivity contribution in [3.05, 3.63) is 30.5 Å². The summed E-state index contributed by atoms with van der Waals surface area (Å²) in [6.45, 7) is 1.99. The van der Waals surface area contributed by atoms with Crippen molar-refractivity contribution in [1.29, 1.82) is 0 Å². The average Bonchev–Trinajstić information content (AvgIpc) is 2.84. The number of fused-ring (bicyclic) bond motifs is 1. The number of hydrogen-bond acceptors (Lipinski definition) is 2. The lowest BCUT2D eigenvalue weighted by Gasteiger charge is -2.22. The number of nitrogens with zero attached hydrogens (tertiary/aromatic N) is 2. The van der Waals surface area contributed by atoms with Gasteiger partial charge in [-0.05, 0) is 18.9 Å². The number of rotatable bonds is 4. The molecule has 0 amide bonds. The van der Waals surface area contributed by atoms with Gasteiger partial charge in [0, 0.05) is 18.0 Å². The van der Waals surface area contributed by atoms with E-state index in [1.807, 2.05) is 6.20 Å². The molecule has 18 heavy (non-hydrogen) atoms. The second-order valence-electron chi connectivity index (χ2n) is 5.22. The van der Waals surface area contributed by atoms with Crippen LogP contribution in [0, 0.1) is 0 Å². The van der Waals surface area contributed by atoms with E-state index in [9.17, 15) is 0 Å². The lowest BCUT2D eigenvalue weighted by atomic mass is 9.95. The third-order valence-corrected chi connectivity index (χ3v) is 3.91. The quantitative estimate of drug-likeness (QED) is 0.894. The lowest BCUT2D eigenvalue weighted by molar-refractivity contribution is 0.366. The normalized spacial score (nSPS) is 17.3. The van der Waals surface area contributed by atoms with Crippen LogP contribution in [0.1, 0.15) is 32.1 Å². The second kappa shape index (κ2) is 5.53. The Hall–Kier alpha value is -1.35. The number of nitrogens with one attached hydrogen (secondary N) is 1. The molecule has 3 rings (SSSR count). The minimum Gasteiger partial charge on any atom is -0.312 e. The lowest BCUT2D eigenvalue weighted by Crippen LogP contribution is -2.33. The highest BCUT2D eigenvalue weighted by molar-refractivity contribution is 5.78. The number of hydrogen-bond donors (Lipinski definition) is 1. The van der Waals surface area contributed by atoms with Crippen molar-refractivity contribution in [1.82, 2.24) is 15.1 Å². The van der Waals surface area contributed by atoms with E-state index >= 15 is 0 Å². The van der Waals surface area contributed by atoms with Gasteiger partial charge >= 0.3 is 0 Å². The summed E-state index contributed by atoms with van der Waals surface area (Å²) in [6, 6.07) is 9.14. The van der Waals surface area contributed by atoms with Gasteiger partial charge in [-0.2, -0.15) is 5.10 Å². The first-order chi connectivity index (χ1) is 8.93. The zero-order valence-corrected chi connectivity index (χ0v) is 10.8. The Morgan fingerprint density at radius 2 is 2.00 bits per heavy atom. The highest BCUT2D eigenvalue weighted by Crippen LogP contribution is 2.17. The molecule has 1 N–H and O–H groups in total. The molecule has 1 fully saturated rings. The van der Waals surface area contributed by atoms with Crippen molar-refractivity contribution < 1.29 is 0 Å². The van der Waals surface area contributed by atoms with Crippen LogP contribution in [0.15, 0.2) is 30.5 Å². The summed E-state index contributed by atoms with van der Waals surface area (Å²) in [4.78, 5) is 0. The predicted octanol–water partition coefficient (Wildman–Crippen LogP) is 2.96. The molecule has 3 nitrogen and oxygen atoms in total. The Morgan fingerprint density at radius 3 is 2.89 bits per heavy atom. The highest BCUT2D eigenvalue weighted by Gasteiger charge is 2.12. The van der Waals surface area contributed by atoms with Crippen LogP contribution in [0.4, 0.5) is 0 Å². The summed E-state index contributed by atoms with van der Waals surface area (Å²) in [5, 5.41) is 9.35. The maximum absolute atomic E-state index is 4.45. The highest BCUT2D eigenvalue weighted by atomic mass is 15.3. The molecule has 1 saturated carbocycles. The van der Waals surface area contributed by atoms with Gasteiger partial charge in [-0.25, -0.2) is 0 Å². The zero-order chi connectivity index (χ0) is 12.2. The molecule has 96 valence electrons. The molecule has 0 spiro atoms. The zero-order valence-electron chi connectivity index (χ0n) is 10.8. The van der Waals surface area contributed by atoms with E-state index in [1.165, 1.54) is 43.0 Å². The van der Waals surface area contributed by atoms with Crippen molar-refractivity contribution in [3.8, 4) is 0 Å². The van der Waals surface area contributed by atoms with E-state index in [-0.39, 0.29) is 0 Å². The van der Waals surface area contributed by atoms with Crippen molar-refractivity contribution in [2.24, 2.45) is 0 Å². The second-order valence-corrected chi connectivity index (χ2v) is 5.22. The first kappa shape index (κ1) is 11.7. The molecule has 0 aliphatic heterocycles. The van der Waals surface area contributed by atoms with Crippen LogP contribution in [0.3, 0.4) is 0 Å². The van der Waals surface area contributed by atoms with Gasteiger partial charge in [0.05, 0.1) is 18.3 Å². The van der Waals surface area contributed by atoms with Gasteiger partial charge in [-0.15, -0.1) is 0 Å². The van der Waals surface area contributed by atoms with E-state index < -0.39 is 0 Å². The van der Waals surface area contributed by atoms with Gasteiger partial charge < -0.3 is 5.32 Å². The molecule has 2 aromatic rings. The van der Waals surface area contributed by atoms with E-state index in [0.29, 0.717) is 0 Å². The van der Waals surface area contributed by atoms with E-state index in [0.717, 1.165) is 19.1 Å². The molecule has 0 bridgehead atoms. The molecule has 1 heterocycles. The van der Waals surface area contributed by atoms with Gasteiger partial charge in [0.15, 0.2) is 0 Å². The minimum atomic E-state index is 0.737. The summed E-state index contributed by atoms with van der Waals surface area (Å²) in [7, 11) is 0. The van der Waals surface area contributed by atoms with Crippen molar-refractivity contribution in [3.63, 3.8) is 0 Å². The third-order valence-electron chi connectivity index (χ3n) is 3.91. The number of benzene rings is 1. The summed E-state index contributed by atoms with van der Waals surface area (Å²) in [5.41, 5.74) is 1.24. The van der Waals surface area contributed by atoms with Gasteiger partial charge in [0.1, 0.15) is 0 Å². The monoisotopic (exact) mass is 243 g/mol. The third kappa shape index (κ3) is 2.56. The molecule has 3 heteroatoms. The summed E-state index contributed by atoms with van der Waals surface area (Å²) in [5.74, 6) is 0. The van der Waals surface area contributed by atoms with Crippen molar-refractivity contribution in [2.75, 3.05) is 6.54 Å². The van der Waals surface area contributed by atoms with Crippen LogP contribution in [0.2, 0.25) is 0 Å². The van der Waals surface area contributed by atoms with E-state index in [1.54, 1.807) is 0 Å². The predicted molar refractivity (Wildman–Crippen MR) is 74.6 cm³/mol. The fourth-order valence-electron chi connectivity index (χ4n) is 2.89. The van der Waals surface area contributed by atoms with Crippen molar-refractivity contribution in [2.45, 2.75) is 44.7 Å². The van der Waals surface area contributed by atoms with E-state index in [4.69, 9.17) is 0 Å². The largest absolute Gasteiger partial charge is 0.312 e. The molecule has 1 aromatic carbocycles. The Bertz CT molecular complexity index is 497. The Labute approximate surface area is 108 Å². The molecule has 0 saturated heterocycles. The molecular formula is C15H21N3. The Morgan fingerprint density at radius 1 is 1.17 bits per heavy atom. The van der Waals surface area contributed by atoms with Crippen LogP contribution in [0.25, 0.3) is 10.9 Å². The van der Waals surface area contributed by atoms with Gasteiger partial charge in [-0.1, -0.05) is 37.5 Å². The van der Waals surface area contributed by atoms with Crippen LogP contribution >= 0.6 is 0 Å². The maximum Gasteiger partial charge on any atom is 0.0682 e. The van der Waals surface area contributed by atoms with Gasteiger partial charge in [0.2, 0.25) is 0 Å². The first-order valence-electron chi connectivity index (χ1n) is 7.07. The average molecular weight is 243 g/mol. The topological polar surface area (TPSA) is 29.9 Å². The first-order valence-corrected chi connectivity index (χ1v) is 7.07. The molecule has 0 unspecified atom stereocenters. The van der Waals surface area contributed by atoms with Crippen LogP contribution in [-0.4, -0.2) is 22.4 Å². The van der Waals surface area contributed by atoms with Crippen molar-refractivity contribution >= 4 is 10.9 Å². The minimum absolute atomic E-state index is 0.737. The molecule has 1 aromatic heterocycles. The van der Waals surface area contributed by atoms with Gasteiger partial charge in [0.25, 0.3) is 0 Å². The Balaban J connectivity index is 1.56. The number of para-hydroxylation sites is 1. The molecule has 1 aliphatic carbocycles. The van der Waals surface area contributed by atoms with Crippen LogP contribution < -0.4 is 5.32 Å². The number of aromatic nitrogens is 2. The summed E-state index contributed by atoms with van der Waals surface area (Å²) < 4.78 is 2.10. The smallest absolute Gasteiger partial charge is 0.0682 e. The maximum atomic E-state index is 4.45. The van der Waals surface area contributed by atoms with Crippen LogP contribution in [-0.2, 0) is 6.54 Å². The van der Waals surface area contributed by atoms with Gasteiger partial charge in [-0.3, -0.25) is 4.68 Å². The molecule has 0 radical (unpaired) electrons. The Kier molecular flexibility index (Phi) is 3.60. The summed E-state index contributed by atoms with van der Waals surface area (Å²) >= 11 is 0. The van der Waals surface area contributed by atoms with E-state index in [2.05, 4.69) is 39.4 Å². The fourth-order valence-corrected chi connectivity index (χ4v) is 2.89.